The van der Waals surface area contributed by atoms with Gasteiger partial charge in [-0.05, 0) is 31.4 Å². The van der Waals surface area contributed by atoms with E-state index in [1.807, 2.05) is 37.3 Å². The number of benzene rings is 2. The normalized spacial score (nSPS) is 15.4. The van der Waals surface area contributed by atoms with E-state index in [2.05, 4.69) is 18.2 Å². The summed E-state index contributed by atoms with van der Waals surface area (Å²) in [6, 6.07) is 16.3. The molecular formula is C19H23NO2. The second-order valence-electron chi connectivity index (χ2n) is 5.82. The highest BCUT2D eigenvalue weighted by Crippen LogP contribution is 2.52. The minimum atomic E-state index is 0.0825. The monoisotopic (exact) mass is 297 g/mol. The van der Waals surface area contributed by atoms with Crippen LogP contribution in [0.25, 0.3) is 0 Å². The molecule has 0 heterocycles. The summed E-state index contributed by atoms with van der Waals surface area (Å²) in [6.45, 7) is 3.81. The first-order valence-electron chi connectivity index (χ1n) is 7.92. The summed E-state index contributed by atoms with van der Waals surface area (Å²) in [7, 11) is 0. The van der Waals surface area contributed by atoms with Crippen LogP contribution in [0.15, 0.2) is 48.5 Å². The highest BCUT2D eigenvalue weighted by molar-refractivity contribution is 5.52. The molecule has 0 aromatic heterocycles. The van der Waals surface area contributed by atoms with Crippen molar-refractivity contribution in [2.24, 2.45) is 5.73 Å². The summed E-state index contributed by atoms with van der Waals surface area (Å²) in [4.78, 5) is 0. The lowest BCUT2D eigenvalue weighted by atomic mass is 9.95. The molecule has 1 fully saturated rings. The van der Waals surface area contributed by atoms with Gasteiger partial charge in [-0.15, -0.1) is 0 Å². The highest BCUT2D eigenvalue weighted by atomic mass is 16.5. The van der Waals surface area contributed by atoms with Crippen LogP contribution in [0.1, 0.15) is 30.9 Å². The number of nitrogens with two attached hydrogens (primary N) is 1. The lowest BCUT2D eigenvalue weighted by molar-refractivity contribution is 0.264. The van der Waals surface area contributed by atoms with Gasteiger partial charge < -0.3 is 15.2 Å². The molecule has 0 bridgehead atoms. The predicted molar refractivity (Wildman–Crippen MR) is 88.4 cm³/mol. The standard InChI is InChI=1S/C19H23NO2/c1-2-21-17-10-6-9-16(19(14-20)11-12-19)18(17)22-13-15-7-4-3-5-8-15/h3-10H,2,11-14,20H2,1H3. The number of para-hydroxylation sites is 1. The fourth-order valence-electron chi connectivity index (χ4n) is 2.82. The molecule has 3 nitrogen and oxygen atoms in total. The van der Waals surface area contributed by atoms with E-state index in [9.17, 15) is 0 Å². The van der Waals surface area contributed by atoms with Crippen LogP contribution in [-0.2, 0) is 12.0 Å². The van der Waals surface area contributed by atoms with E-state index >= 15 is 0 Å². The quantitative estimate of drug-likeness (QED) is 0.848. The van der Waals surface area contributed by atoms with Crippen LogP contribution in [0.3, 0.4) is 0 Å². The van der Waals surface area contributed by atoms with Gasteiger partial charge >= 0.3 is 0 Å². The van der Waals surface area contributed by atoms with Gasteiger partial charge in [-0.2, -0.15) is 0 Å². The van der Waals surface area contributed by atoms with Gasteiger partial charge in [0.1, 0.15) is 6.61 Å². The van der Waals surface area contributed by atoms with Gasteiger partial charge in [0.25, 0.3) is 0 Å². The maximum absolute atomic E-state index is 6.15. The Kier molecular flexibility index (Phi) is 4.34. The lowest BCUT2D eigenvalue weighted by Crippen LogP contribution is -2.21. The fraction of sp³-hybridized carbons (Fsp3) is 0.368. The average molecular weight is 297 g/mol. The summed E-state index contributed by atoms with van der Waals surface area (Å²) in [5.74, 6) is 1.67. The molecule has 0 unspecified atom stereocenters. The zero-order chi connectivity index (χ0) is 15.4. The van der Waals surface area contributed by atoms with E-state index in [4.69, 9.17) is 15.2 Å². The summed E-state index contributed by atoms with van der Waals surface area (Å²) in [5.41, 5.74) is 8.43. The van der Waals surface area contributed by atoms with E-state index in [0.29, 0.717) is 19.8 Å². The Hall–Kier alpha value is -2.00. The largest absolute Gasteiger partial charge is 0.490 e. The van der Waals surface area contributed by atoms with Crippen molar-refractivity contribution < 1.29 is 9.47 Å². The van der Waals surface area contributed by atoms with Crippen LogP contribution < -0.4 is 15.2 Å². The Bertz CT molecular complexity index is 621. The molecule has 0 amide bonds. The van der Waals surface area contributed by atoms with Crippen LogP contribution in [0, 0.1) is 0 Å². The second kappa shape index (κ2) is 6.41. The summed E-state index contributed by atoms with van der Waals surface area (Å²) >= 11 is 0. The molecule has 2 aromatic carbocycles. The fourth-order valence-corrected chi connectivity index (χ4v) is 2.82. The number of hydrogen-bond acceptors (Lipinski definition) is 3. The van der Waals surface area contributed by atoms with Gasteiger partial charge in [0.05, 0.1) is 6.61 Å². The van der Waals surface area contributed by atoms with Crippen LogP contribution >= 0.6 is 0 Å². The molecule has 0 saturated heterocycles. The minimum Gasteiger partial charge on any atom is -0.490 e. The zero-order valence-corrected chi connectivity index (χ0v) is 13.0. The van der Waals surface area contributed by atoms with Crippen molar-refractivity contribution in [1.29, 1.82) is 0 Å². The third-order valence-electron chi connectivity index (χ3n) is 4.32. The Morgan fingerprint density at radius 3 is 2.41 bits per heavy atom. The molecule has 1 aliphatic carbocycles. The molecule has 0 aliphatic heterocycles. The summed E-state index contributed by atoms with van der Waals surface area (Å²) < 4.78 is 11.9. The van der Waals surface area contributed by atoms with Crippen molar-refractivity contribution in [3.05, 3.63) is 59.7 Å². The van der Waals surface area contributed by atoms with Gasteiger partial charge in [0.2, 0.25) is 0 Å². The first kappa shape index (κ1) is 14.9. The van der Waals surface area contributed by atoms with Crippen LogP contribution in [0.4, 0.5) is 0 Å². The number of rotatable bonds is 7. The van der Waals surface area contributed by atoms with Crippen molar-refractivity contribution in [3.63, 3.8) is 0 Å². The van der Waals surface area contributed by atoms with Crippen molar-refractivity contribution >= 4 is 0 Å². The third-order valence-corrected chi connectivity index (χ3v) is 4.32. The number of hydrogen-bond donors (Lipinski definition) is 1. The Balaban J connectivity index is 1.89. The predicted octanol–water partition coefficient (Wildman–Crippen LogP) is 3.65. The summed E-state index contributed by atoms with van der Waals surface area (Å²) in [5, 5.41) is 0. The Morgan fingerprint density at radius 2 is 1.77 bits per heavy atom. The highest BCUT2D eigenvalue weighted by Gasteiger charge is 2.45. The van der Waals surface area contributed by atoms with Crippen LogP contribution in [-0.4, -0.2) is 13.2 Å². The zero-order valence-electron chi connectivity index (χ0n) is 13.0. The van der Waals surface area contributed by atoms with E-state index in [1.165, 1.54) is 5.56 Å². The molecule has 3 heteroatoms. The average Bonchev–Trinajstić information content (AvgIpc) is 3.36. The first-order valence-corrected chi connectivity index (χ1v) is 7.92. The van der Waals surface area contributed by atoms with E-state index in [1.54, 1.807) is 0 Å². The van der Waals surface area contributed by atoms with E-state index in [0.717, 1.165) is 29.9 Å². The molecule has 1 aliphatic rings. The van der Waals surface area contributed by atoms with Crippen molar-refractivity contribution in [1.82, 2.24) is 0 Å². The third kappa shape index (κ3) is 2.95. The molecule has 3 rings (SSSR count). The van der Waals surface area contributed by atoms with Gasteiger partial charge in [0, 0.05) is 17.5 Å². The Labute approximate surface area is 132 Å². The van der Waals surface area contributed by atoms with Crippen molar-refractivity contribution in [2.45, 2.75) is 31.8 Å². The van der Waals surface area contributed by atoms with Gasteiger partial charge in [-0.3, -0.25) is 0 Å². The minimum absolute atomic E-state index is 0.0825. The molecule has 2 aromatic rings. The molecule has 0 spiro atoms. The SMILES string of the molecule is CCOc1cccc(C2(CN)CC2)c1OCc1ccccc1. The van der Waals surface area contributed by atoms with Crippen molar-refractivity contribution in [2.75, 3.05) is 13.2 Å². The van der Waals surface area contributed by atoms with Crippen molar-refractivity contribution in [3.8, 4) is 11.5 Å². The number of ether oxygens (including phenoxy) is 2. The smallest absolute Gasteiger partial charge is 0.165 e. The Morgan fingerprint density at radius 1 is 1.00 bits per heavy atom. The van der Waals surface area contributed by atoms with Crippen LogP contribution in [0.5, 0.6) is 11.5 Å². The first-order chi connectivity index (χ1) is 10.8. The van der Waals surface area contributed by atoms with Gasteiger partial charge in [-0.1, -0.05) is 42.5 Å². The van der Waals surface area contributed by atoms with Gasteiger partial charge in [-0.25, -0.2) is 0 Å². The molecule has 0 atom stereocenters. The van der Waals surface area contributed by atoms with Crippen LogP contribution in [0.2, 0.25) is 0 Å². The van der Waals surface area contributed by atoms with Gasteiger partial charge in [0.15, 0.2) is 11.5 Å². The maximum Gasteiger partial charge on any atom is 0.165 e. The summed E-state index contributed by atoms with van der Waals surface area (Å²) in [6.07, 6.45) is 2.25. The van der Waals surface area contributed by atoms with E-state index < -0.39 is 0 Å². The van der Waals surface area contributed by atoms with E-state index in [-0.39, 0.29) is 5.41 Å². The maximum atomic E-state index is 6.15. The molecule has 1 saturated carbocycles. The molecule has 22 heavy (non-hydrogen) atoms. The molecule has 2 N–H and O–H groups in total. The molecule has 0 radical (unpaired) electrons. The second-order valence-corrected chi connectivity index (χ2v) is 5.82. The molecule has 116 valence electrons. The topological polar surface area (TPSA) is 44.5 Å². The molecular weight excluding hydrogens is 274 g/mol. The lowest BCUT2D eigenvalue weighted by Gasteiger charge is -2.21.